The van der Waals surface area contributed by atoms with Gasteiger partial charge in [0, 0.05) is 5.56 Å². The Labute approximate surface area is 123 Å². The summed E-state index contributed by atoms with van der Waals surface area (Å²) in [4.78, 5) is 22.4. The molecule has 1 aromatic rings. The minimum absolute atomic E-state index is 0.335. The molecule has 1 aliphatic rings. The second-order valence-corrected chi connectivity index (χ2v) is 5.32. The molecule has 0 aliphatic heterocycles. The Balaban J connectivity index is 2.49. The van der Waals surface area contributed by atoms with Crippen LogP contribution in [0, 0.1) is 12.8 Å². The average molecular weight is 289 g/mol. The summed E-state index contributed by atoms with van der Waals surface area (Å²) in [6.07, 6.45) is 1.51. The van der Waals surface area contributed by atoms with E-state index in [1.165, 1.54) is 0 Å². The molecule has 0 heterocycles. The molecule has 2 rings (SSSR count). The summed E-state index contributed by atoms with van der Waals surface area (Å²) in [6.45, 7) is 3.48. The number of hydrogen-bond acceptors (Lipinski definition) is 3. The number of rotatable bonds is 5. The summed E-state index contributed by atoms with van der Waals surface area (Å²) < 4.78 is 5.38. The van der Waals surface area contributed by atoms with Crippen LogP contribution < -0.4 is 10.5 Å². The normalized spacial score (nSPS) is 17.9. The van der Waals surface area contributed by atoms with Gasteiger partial charge in [-0.05, 0) is 43.9 Å². The highest BCUT2D eigenvalue weighted by atomic mass is 16.5. The third kappa shape index (κ3) is 3.07. The van der Waals surface area contributed by atoms with Crippen molar-refractivity contribution >= 4 is 17.4 Å². The van der Waals surface area contributed by atoms with E-state index in [9.17, 15) is 9.59 Å². The third-order valence-electron chi connectivity index (χ3n) is 3.81. The molecule has 5 nitrogen and oxygen atoms in total. The number of carboxylic acid groups (broad SMARTS) is 1. The molecule has 1 aliphatic carbocycles. The fraction of sp³-hybridized carbons (Fsp3) is 0.375. The molecular weight excluding hydrogens is 270 g/mol. The van der Waals surface area contributed by atoms with Gasteiger partial charge in [0.15, 0.2) is 6.61 Å². The van der Waals surface area contributed by atoms with Gasteiger partial charge in [0.25, 0.3) is 0 Å². The fourth-order valence-electron chi connectivity index (χ4n) is 2.86. The first-order valence-corrected chi connectivity index (χ1v) is 6.85. The number of allylic oxidation sites excluding steroid dienone is 1. The highest BCUT2D eigenvalue weighted by Crippen LogP contribution is 2.43. The molecule has 0 saturated carbocycles. The van der Waals surface area contributed by atoms with Gasteiger partial charge in [0.1, 0.15) is 5.75 Å². The lowest BCUT2D eigenvalue weighted by Crippen LogP contribution is -2.23. The maximum Gasteiger partial charge on any atom is 0.341 e. The van der Waals surface area contributed by atoms with Crippen LogP contribution in [0.15, 0.2) is 23.8 Å². The Morgan fingerprint density at radius 2 is 2.10 bits per heavy atom. The largest absolute Gasteiger partial charge is 0.481 e. The number of carboxylic acids is 1. The number of carbonyl (C=O) groups is 2. The van der Waals surface area contributed by atoms with Gasteiger partial charge in [-0.15, -0.1) is 0 Å². The second-order valence-electron chi connectivity index (χ2n) is 5.32. The van der Waals surface area contributed by atoms with E-state index in [4.69, 9.17) is 15.6 Å². The quantitative estimate of drug-likeness (QED) is 0.869. The maximum absolute atomic E-state index is 11.7. The van der Waals surface area contributed by atoms with Crippen molar-refractivity contribution in [3.05, 3.63) is 34.9 Å². The minimum atomic E-state index is -1.04. The lowest BCUT2D eigenvalue weighted by atomic mass is 9.89. The SMILES string of the molecule is CC1=C(c2c(C)cccc2OCC(=O)O)C(C(N)=O)CC1. The van der Waals surface area contributed by atoms with Crippen LogP contribution >= 0.6 is 0 Å². The number of aliphatic carboxylic acids is 1. The van der Waals surface area contributed by atoms with Gasteiger partial charge < -0.3 is 15.6 Å². The standard InChI is InChI=1S/C16H19NO4/c1-9-4-3-5-12(21-8-13(18)19)15(9)14-10(2)6-7-11(14)16(17)20/h3-5,11H,6-8H2,1-2H3,(H2,17,20)(H,18,19). The number of ether oxygens (including phenoxy) is 1. The molecule has 3 N–H and O–H groups in total. The van der Waals surface area contributed by atoms with Crippen molar-refractivity contribution in [1.82, 2.24) is 0 Å². The van der Waals surface area contributed by atoms with Crippen molar-refractivity contribution in [3.8, 4) is 5.75 Å². The average Bonchev–Trinajstić information content (AvgIpc) is 2.78. The number of hydrogen-bond donors (Lipinski definition) is 2. The molecule has 5 heteroatoms. The summed E-state index contributed by atoms with van der Waals surface area (Å²) in [6, 6.07) is 5.45. The van der Waals surface area contributed by atoms with Crippen molar-refractivity contribution < 1.29 is 19.4 Å². The van der Waals surface area contributed by atoms with E-state index in [1.807, 2.05) is 19.9 Å². The molecule has 0 bridgehead atoms. The van der Waals surface area contributed by atoms with Gasteiger partial charge in [0.2, 0.25) is 5.91 Å². The van der Waals surface area contributed by atoms with Crippen molar-refractivity contribution in [3.63, 3.8) is 0 Å². The monoisotopic (exact) mass is 289 g/mol. The predicted molar refractivity (Wildman–Crippen MR) is 78.8 cm³/mol. The lowest BCUT2D eigenvalue weighted by Gasteiger charge is -2.18. The van der Waals surface area contributed by atoms with Crippen LogP contribution in [-0.2, 0) is 9.59 Å². The topological polar surface area (TPSA) is 89.6 Å². The van der Waals surface area contributed by atoms with E-state index in [0.29, 0.717) is 12.2 Å². The Hall–Kier alpha value is -2.30. The number of carbonyl (C=O) groups excluding carboxylic acids is 1. The van der Waals surface area contributed by atoms with Gasteiger partial charge in [-0.3, -0.25) is 4.79 Å². The first-order valence-electron chi connectivity index (χ1n) is 6.85. The molecule has 0 radical (unpaired) electrons. The van der Waals surface area contributed by atoms with E-state index in [1.54, 1.807) is 12.1 Å². The molecule has 0 saturated heterocycles. The van der Waals surface area contributed by atoms with Crippen LogP contribution in [0.5, 0.6) is 5.75 Å². The Morgan fingerprint density at radius 3 is 2.71 bits per heavy atom. The predicted octanol–water partition coefficient (Wildman–Crippen LogP) is 2.13. The zero-order valence-corrected chi connectivity index (χ0v) is 12.2. The van der Waals surface area contributed by atoms with E-state index < -0.39 is 12.6 Å². The molecule has 1 atom stereocenters. The van der Waals surface area contributed by atoms with Crippen LogP contribution in [-0.4, -0.2) is 23.6 Å². The second kappa shape index (κ2) is 5.99. The zero-order valence-electron chi connectivity index (χ0n) is 12.2. The zero-order chi connectivity index (χ0) is 15.6. The molecule has 0 spiro atoms. The molecule has 21 heavy (non-hydrogen) atoms. The third-order valence-corrected chi connectivity index (χ3v) is 3.81. The Bertz CT molecular complexity index is 619. The van der Waals surface area contributed by atoms with Crippen molar-refractivity contribution in [2.45, 2.75) is 26.7 Å². The molecule has 112 valence electrons. The molecule has 1 amide bonds. The van der Waals surface area contributed by atoms with Gasteiger partial charge in [-0.25, -0.2) is 4.79 Å². The van der Waals surface area contributed by atoms with Crippen LogP contribution in [0.25, 0.3) is 5.57 Å². The van der Waals surface area contributed by atoms with E-state index in [2.05, 4.69) is 0 Å². The molecular formula is C16H19NO4. The minimum Gasteiger partial charge on any atom is -0.481 e. The maximum atomic E-state index is 11.7. The highest BCUT2D eigenvalue weighted by Gasteiger charge is 2.31. The summed E-state index contributed by atoms with van der Waals surface area (Å²) in [7, 11) is 0. The first kappa shape index (κ1) is 15.1. The van der Waals surface area contributed by atoms with E-state index >= 15 is 0 Å². The van der Waals surface area contributed by atoms with Crippen molar-refractivity contribution in [2.75, 3.05) is 6.61 Å². The smallest absolute Gasteiger partial charge is 0.341 e. The first-order chi connectivity index (χ1) is 9.91. The van der Waals surface area contributed by atoms with E-state index in [0.717, 1.165) is 28.7 Å². The van der Waals surface area contributed by atoms with Gasteiger partial charge in [-0.2, -0.15) is 0 Å². The highest BCUT2D eigenvalue weighted by molar-refractivity contribution is 5.95. The van der Waals surface area contributed by atoms with E-state index in [-0.39, 0.29) is 11.8 Å². The van der Waals surface area contributed by atoms with Crippen molar-refractivity contribution in [2.24, 2.45) is 11.7 Å². The van der Waals surface area contributed by atoms with Crippen LogP contribution in [0.3, 0.4) is 0 Å². The van der Waals surface area contributed by atoms with Gasteiger partial charge in [-0.1, -0.05) is 17.7 Å². The molecule has 0 fully saturated rings. The number of amides is 1. The van der Waals surface area contributed by atoms with Gasteiger partial charge in [0.05, 0.1) is 5.92 Å². The summed E-state index contributed by atoms with van der Waals surface area (Å²) in [5.74, 6) is -1.24. The number of benzene rings is 1. The fourth-order valence-corrected chi connectivity index (χ4v) is 2.86. The van der Waals surface area contributed by atoms with Crippen LogP contribution in [0.4, 0.5) is 0 Å². The molecule has 1 aromatic carbocycles. The number of nitrogens with two attached hydrogens (primary N) is 1. The Kier molecular flexibility index (Phi) is 4.31. The summed E-state index contributed by atoms with van der Waals surface area (Å²) in [5, 5.41) is 8.78. The summed E-state index contributed by atoms with van der Waals surface area (Å²) in [5.41, 5.74) is 9.24. The van der Waals surface area contributed by atoms with Crippen LogP contribution in [0.1, 0.15) is 30.9 Å². The Morgan fingerprint density at radius 1 is 1.38 bits per heavy atom. The van der Waals surface area contributed by atoms with Crippen molar-refractivity contribution in [1.29, 1.82) is 0 Å². The van der Waals surface area contributed by atoms with Gasteiger partial charge >= 0.3 is 5.97 Å². The summed E-state index contributed by atoms with van der Waals surface area (Å²) >= 11 is 0. The molecule has 1 unspecified atom stereocenters. The lowest BCUT2D eigenvalue weighted by molar-refractivity contribution is -0.139. The number of primary amides is 1. The molecule has 0 aromatic heterocycles. The number of aryl methyl sites for hydroxylation is 1. The van der Waals surface area contributed by atoms with Crippen LogP contribution in [0.2, 0.25) is 0 Å².